The Balaban J connectivity index is 0.00000450. The van der Waals surface area contributed by atoms with E-state index in [0.717, 1.165) is 17.7 Å². The summed E-state index contributed by atoms with van der Waals surface area (Å²) >= 11 is 0. The number of primary amides is 1. The minimum atomic E-state index is -1.55. The smallest absolute Gasteiger partial charge is 0.404 e. The first kappa shape index (κ1) is 25.0. The van der Waals surface area contributed by atoms with Crippen molar-refractivity contribution in [3.8, 4) is 0 Å². The molecule has 5 amide bonds. The van der Waals surface area contributed by atoms with Crippen LogP contribution >= 0.6 is 0 Å². The maximum absolute atomic E-state index is 13.3. The van der Waals surface area contributed by atoms with Gasteiger partial charge in [0.2, 0.25) is 5.91 Å². The second-order valence-corrected chi connectivity index (χ2v) is 6.79. The van der Waals surface area contributed by atoms with Gasteiger partial charge in [0, 0.05) is 6.61 Å². The molecule has 2 rings (SSSR count). The largest absolute Gasteiger partial charge is 0.442 e. The Labute approximate surface area is 174 Å². The molecule has 1 aliphatic heterocycles. The number of urea groups is 1. The molecule has 1 aromatic carbocycles. The molecule has 3 N–H and O–H groups in total. The number of imide groups is 2. The van der Waals surface area contributed by atoms with Gasteiger partial charge in [-0.1, -0.05) is 50.6 Å². The fourth-order valence-electron chi connectivity index (χ4n) is 3.30. The van der Waals surface area contributed by atoms with Crippen molar-refractivity contribution in [2.24, 2.45) is 5.73 Å². The van der Waals surface area contributed by atoms with Crippen molar-refractivity contribution in [1.82, 2.24) is 10.2 Å². The van der Waals surface area contributed by atoms with Gasteiger partial charge < -0.3 is 15.2 Å². The molecule has 1 fully saturated rings. The highest BCUT2D eigenvalue weighted by Crippen LogP contribution is 2.33. The summed E-state index contributed by atoms with van der Waals surface area (Å²) in [4.78, 5) is 50.6. The van der Waals surface area contributed by atoms with Crippen molar-refractivity contribution in [3.05, 3.63) is 35.9 Å². The Morgan fingerprint density at radius 3 is 2.43 bits per heavy atom. The molecule has 2 atom stereocenters. The molecule has 30 heavy (non-hydrogen) atoms. The van der Waals surface area contributed by atoms with Crippen LogP contribution in [0.5, 0.6) is 0 Å². The van der Waals surface area contributed by atoms with Gasteiger partial charge in [0.1, 0.15) is 6.10 Å². The number of benzene rings is 1. The summed E-state index contributed by atoms with van der Waals surface area (Å²) in [5, 5.41) is 2.25. The fourth-order valence-corrected chi connectivity index (χ4v) is 3.30. The van der Waals surface area contributed by atoms with Crippen molar-refractivity contribution in [2.75, 3.05) is 19.8 Å². The van der Waals surface area contributed by atoms with Crippen LogP contribution in [0.3, 0.4) is 0 Å². The predicted molar refractivity (Wildman–Crippen MR) is 106 cm³/mol. The van der Waals surface area contributed by atoms with Gasteiger partial charge in [-0.05, 0) is 18.4 Å². The predicted octanol–water partition coefficient (Wildman–Crippen LogP) is 1.85. The number of ether oxygens (including phenoxy) is 2. The highest BCUT2D eigenvalue weighted by Gasteiger charge is 2.54. The van der Waals surface area contributed by atoms with E-state index in [0.29, 0.717) is 12.2 Å². The number of amides is 5. The number of nitrogens with two attached hydrogens (primary N) is 1. The molecular weight excluding hydrogens is 397 g/mol. The Morgan fingerprint density at radius 1 is 1.20 bits per heavy atom. The van der Waals surface area contributed by atoms with Crippen LogP contribution in [0.4, 0.5) is 14.3 Å². The van der Waals surface area contributed by atoms with Gasteiger partial charge >= 0.3 is 12.1 Å². The number of hydrogen-bond acceptors (Lipinski definition) is 6. The lowest BCUT2D eigenvalue weighted by atomic mass is 9.74. The lowest BCUT2D eigenvalue weighted by Gasteiger charge is -2.39. The van der Waals surface area contributed by atoms with Gasteiger partial charge in [-0.15, -0.1) is 0 Å². The van der Waals surface area contributed by atoms with Crippen LogP contribution in [0.2, 0.25) is 0 Å². The van der Waals surface area contributed by atoms with Crippen LogP contribution in [0.1, 0.15) is 38.7 Å². The molecule has 2 unspecified atom stereocenters. The first-order chi connectivity index (χ1) is 13.9. The zero-order valence-electron chi connectivity index (χ0n) is 17.1. The molecule has 0 spiro atoms. The SMILES string of the molecule is CCCCOCC(CN1C(=O)NC(=O)C(CC)(c2ccccc2)C1=O)OC(N)=O.F. The van der Waals surface area contributed by atoms with E-state index in [1.165, 1.54) is 0 Å². The van der Waals surface area contributed by atoms with E-state index in [-0.39, 0.29) is 24.3 Å². The zero-order valence-corrected chi connectivity index (χ0v) is 17.1. The third-order valence-corrected chi connectivity index (χ3v) is 4.88. The molecule has 0 radical (unpaired) electrons. The average Bonchev–Trinajstić information content (AvgIpc) is 2.69. The van der Waals surface area contributed by atoms with Gasteiger partial charge in [0.05, 0.1) is 13.2 Å². The Hall–Kier alpha value is -3.01. The van der Waals surface area contributed by atoms with Crippen LogP contribution < -0.4 is 11.1 Å². The Bertz CT molecular complexity index is 760. The summed E-state index contributed by atoms with van der Waals surface area (Å²) in [6, 6.07) is 7.67. The van der Waals surface area contributed by atoms with Gasteiger partial charge in [-0.3, -0.25) is 24.5 Å². The molecule has 9 nitrogen and oxygen atoms in total. The van der Waals surface area contributed by atoms with E-state index < -0.39 is 35.5 Å². The van der Waals surface area contributed by atoms with Crippen LogP contribution in [-0.2, 0) is 24.5 Å². The van der Waals surface area contributed by atoms with Gasteiger partial charge in [-0.2, -0.15) is 0 Å². The van der Waals surface area contributed by atoms with E-state index in [2.05, 4.69) is 5.32 Å². The quantitative estimate of drug-likeness (QED) is 0.435. The number of hydrogen-bond donors (Lipinski definition) is 2. The standard InChI is InChI=1S/C20H27N3O6.FH/c1-3-5-11-28-13-15(29-18(21)26)12-23-17(25)20(4-2,16(24)22-19(23)27)14-9-7-6-8-10-14;/h6-10,15H,3-5,11-13H2,1-2H3,(H2,21,26)(H,22,24,27);1H. The summed E-state index contributed by atoms with van der Waals surface area (Å²) in [6.07, 6.45) is -0.0994. The van der Waals surface area contributed by atoms with Crippen LogP contribution in [-0.4, -0.2) is 54.7 Å². The van der Waals surface area contributed by atoms with Crippen LogP contribution in [0.25, 0.3) is 0 Å². The number of carbonyl (C=O) groups excluding carboxylic acids is 4. The number of rotatable bonds is 10. The highest BCUT2D eigenvalue weighted by atomic mass is 19.0. The number of nitrogens with zero attached hydrogens (tertiary/aromatic N) is 1. The monoisotopic (exact) mass is 425 g/mol. The number of barbiturate groups is 1. The maximum Gasteiger partial charge on any atom is 0.404 e. The topological polar surface area (TPSA) is 128 Å². The van der Waals surface area contributed by atoms with Gasteiger partial charge in [0.25, 0.3) is 5.91 Å². The minimum absolute atomic E-state index is 0. The second kappa shape index (κ2) is 11.2. The fraction of sp³-hybridized carbons (Fsp3) is 0.500. The lowest BCUT2D eigenvalue weighted by molar-refractivity contribution is -0.146. The third-order valence-electron chi connectivity index (χ3n) is 4.88. The van der Waals surface area contributed by atoms with Crippen molar-refractivity contribution in [2.45, 2.75) is 44.6 Å². The number of unbranched alkanes of at least 4 members (excludes halogenated alkanes) is 1. The molecule has 10 heteroatoms. The molecule has 0 aromatic heterocycles. The summed E-state index contributed by atoms with van der Waals surface area (Å²) in [6.45, 7) is 3.84. The van der Waals surface area contributed by atoms with Gasteiger partial charge in [-0.25, -0.2) is 9.59 Å². The summed E-state index contributed by atoms with van der Waals surface area (Å²) in [5.41, 5.74) is 4.05. The number of carbonyl (C=O) groups is 4. The molecule has 1 heterocycles. The van der Waals surface area contributed by atoms with E-state index in [1.807, 2.05) is 6.92 Å². The maximum atomic E-state index is 13.3. The Morgan fingerprint density at radius 2 is 1.87 bits per heavy atom. The number of nitrogens with one attached hydrogen (secondary N) is 1. The molecular formula is C20H28FN3O6. The van der Waals surface area contributed by atoms with E-state index >= 15 is 0 Å². The molecule has 1 saturated heterocycles. The molecule has 0 aliphatic carbocycles. The molecule has 1 aliphatic rings. The van der Waals surface area contributed by atoms with Crippen LogP contribution in [0.15, 0.2) is 30.3 Å². The summed E-state index contributed by atoms with van der Waals surface area (Å²) < 4.78 is 10.5. The first-order valence-corrected chi connectivity index (χ1v) is 9.63. The Kier molecular flexibility index (Phi) is 9.38. The van der Waals surface area contributed by atoms with Crippen molar-refractivity contribution in [3.63, 3.8) is 0 Å². The normalized spacial score (nSPS) is 19.7. The van der Waals surface area contributed by atoms with Gasteiger partial charge in [0.15, 0.2) is 5.41 Å². The molecule has 1 aromatic rings. The lowest BCUT2D eigenvalue weighted by Crippen LogP contribution is -2.67. The minimum Gasteiger partial charge on any atom is -0.442 e. The van der Waals surface area contributed by atoms with E-state index in [9.17, 15) is 19.2 Å². The number of halogens is 1. The zero-order chi connectivity index (χ0) is 21.4. The highest BCUT2D eigenvalue weighted by molar-refractivity contribution is 6.22. The van der Waals surface area contributed by atoms with Crippen molar-refractivity contribution < 1.29 is 33.4 Å². The summed E-state index contributed by atoms with van der Waals surface area (Å²) in [7, 11) is 0. The molecule has 166 valence electrons. The summed E-state index contributed by atoms with van der Waals surface area (Å²) in [5.74, 6) is -1.35. The van der Waals surface area contributed by atoms with E-state index in [1.54, 1.807) is 37.3 Å². The first-order valence-electron chi connectivity index (χ1n) is 9.63. The van der Waals surface area contributed by atoms with Crippen LogP contribution in [0, 0.1) is 0 Å². The second-order valence-electron chi connectivity index (χ2n) is 6.79. The van der Waals surface area contributed by atoms with Crippen molar-refractivity contribution in [1.29, 1.82) is 0 Å². The van der Waals surface area contributed by atoms with E-state index in [4.69, 9.17) is 15.2 Å². The molecule has 0 saturated carbocycles. The average molecular weight is 425 g/mol. The third kappa shape index (κ3) is 5.32. The van der Waals surface area contributed by atoms with Crippen molar-refractivity contribution >= 4 is 23.9 Å². The molecule has 0 bridgehead atoms.